The second kappa shape index (κ2) is 7.72. The molecule has 4 nitrogen and oxygen atoms in total. The maximum atomic E-state index is 11.7. The van der Waals surface area contributed by atoms with Crippen LogP contribution in [0.3, 0.4) is 0 Å². The zero-order valence-electron chi connectivity index (χ0n) is 10.8. The van der Waals surface area contributed by atoms with Gasteiger partial charge in [0.1, 0.15) is 12.7 Å². The monoisotopic (exact) mass is 257 g/mol. The predicted octanol–water partition coefficient (Wildman–Crippen LogP) is 2.69. The topological polar surface area (TPSA) is 59.3 Å². The van der Waals surface area contributed by atoms with Crippen LogP contribution in [0.1, 0.15) is 12.5 Å². The molecular weight excluding hydrogens is 242 g/mol. The van der Waals surface area contributed by atoms with Gasteiger partial charge in [-0.2, -0.15) is 5.26 Å². The summed E-state index contributed by atoms with van der Waals surface area (Å²) in [6.07, 6.45) is 1.54. The van der Waals surface area contributed by atoms with Crippen molar-refractivity contribution in [3.63, 3.8) is 0 Å². The Hall–Kier alpha value is -2.54. The van der Waals surface area contributed by atoms with Crippen LogP contribution in [-0.4, -0.2) is 19.2 Å². The van der Waals surface area contributed by atoms with Crippen LogP contribution in [0.15, 0.2) is 48.6 Å². The van der Waals surface area contributed by atoms with Crippen molar-refractivity contribution in [2.24, 2.45) is 0 Å². The van der Waals surface area contributed by atoms with Gasteiger partial charge in [-0.3, -0.25) is 0 Å². The first-order valence-corrected chi connectivity index (χ1v) is 5.85. The molecule has 0 aliphatic carbocycles. The lowest BCUT2D eigenvalue weighted by molar-refractivity contribution is -0.138. The highest BCUT2D eigenvalue weighted by atomic mass is 16.5. The molecule has 98 valence electrons. The molecule has 0 fully saturated rings. The zero-order chi connectivity index (χ0) is 14.1. The van der Waals surface area contributed by atoms with E-state index in [1.807, 2.05) is 12.1 Å². The van der Waals surface area contributed by atoms with E-state index in [9.17, 15) is 4.79 Å². The van der Waals surface area contributed by atoms with E-state index in [1.165, 1.54) is 0 Å². The minimum Gasteiger partial charge on any atom is -0.487 e. The molecule has 0 spiro atoms. The van der Waals surface area contributed by atoms with E-state index < -0.39 is 5.97 Å². The van der Waals surface area contributed by atoms with Crippen molar-refractivity contribution >= 4 is 11.7 Å². The fourth-order valence-electron chi connectivity index (χ4n) is 1.42. The summed E-state index contributed by atoms with van der Waals surface area (Å²) in [4.78, 5) is 11.7. The van der Waals surface area contributed by atoms with Crippen molar-refractivity contribution in [2.45, 2.75) is 6.92 Å². The molecule has 0 aliphatic rings. The lowest BCUT2D eigenvalue weighted by Gasteiger charge is -2.11. The molecule has 0 saturated carbocycles. The lowest BCUT2D eigenvalue weighted by Crippen LogP contribution is -2.10. The van der Waals surface area contributed by atoms with Gasteiger partial charge in [0.05, 0.1) is 6.61 Å². The van der Waals surface area contributed by atoms with Gasteiger partial charge in [0.15, 0.2) is 11.3 Å². The second-order valence-corrected chi connectivity index (χ2v) is 3.50. The highest BCUT2D eigenvalue weighted by Gasteiger charge is 2.19. The first kappa shape index (κ1) is 14.5. The fourth-order valence-corrected chi connectivity index (χ4v) is 1.42. The Morgan fingerprint density at radius 3 is 2.58 bits per heavy atom. The van der Waals surface area contributed by atoms with Gasteiger partial charge < -0.3 is 9.47 Å². The largest absolute Gasteiger partial charge is 0.487 e. The molecule has 0 N–H and O–H groups in total. The molecule has 0 unspecified atom stereocenters. The van der Waals surface area contributed by atoms with Crippen LogP contribution in [0, 0.1) is 11.3 Å². The summed E-state index contributed by atoms with van der Waals surface area (Å²) in [5.74, 6) is -0.477. The average molecular weight is 257 g/mol. The average Bonchev–Trinajstić information content (AvgIpc) is 2.44. The third kappa shape index (κ3) is 4.00. The molecule has 1 aromatic carbocycles. The lowest BCUT2D eigenvalue weighted by atomic mass is 10.1. The number of carbonyl (C=O) groups is 1. The number of esters is 1. The second-order valence-electron chi connectivity index (χ2n) is 3.50. The molecule has 0 bridgehead atoms. The minimum atomic E-state index is -0.687. The van der Waals surface area contributed by atoms with E-state index in [-0.39, 0.29) is 24.5 Å². The van der Waals surface area contributed by atoms with Gasteiger partial charge >= 0.3 is 5.97 Å². The standard InChI is InChI=1S/C15H15NO3/c1-3-10-19-14(12-8-6-5-7-9-12)13(11-16)15(17)18-4-2/h3,5-9H,1,4,10H2,2H3/b14-13-. The molecule has 1 rings (SSSR count). The van der Waals surface area contributed by atoms with Crippen LogP contribution in [0.2, 0.25) is 0 Å². The number of hydrogen-bond donors (Lipinski definition) is 0. The predicted molar refractivity (Wildman–Crippen MR) is 71.8 cm³/mol. The summed E-state index contributed by atoms with van der Waals surface area (Å²) < 4.78 is 10.3. The van der Waals surface area contributed by atoms with Gasteiger partial charge in [-0.25, -0.2) is 4.79 Å². The van der Waals surface area contributed by atoms with Crippen LogP contribution in [0.25, 0.3) is 5.76 Å². The molecular formula is C15H15NO3. The van der Waals surface area contributed by atoms with Gasteiger partial charge in [-0.1, -0.05) is 43.0 Å². The summed E-state index contributed by atoms with van der Waals surface area (Å²) in [7, 11) is 0. The number of nitrogens with zero attached hydrogens (tertiary/aromatic N) is 1. The van der Waals surface area contributed by atoms with Gasteiger partial charge in [0, 0.05) is 5.56 Å². The highest BCUT2D eigenvalue weighted by Crippen LogP contribution is 2.21. The van der Waals surface area contributed by atoms with Crippen LogP contribution in [0.4, 0.5) is 0 Å². The third-order valence-electron chi connectivity index (χ3n) is 2.20. The first-order valence-electron chi connectivity index (χ1n) is 5.85. The summed E-state index contributed by atoms with van der Waals surface area (Å²) in [6, 6.07) is 10.8. The van der Waals surface area contributed by atoms with E-state index in [0.29, 0.717) is 5.56 Å². The molecule has 0 saturated heterocycles. The molecule has 1 aromatic rings. The Labute approximate surface area is 112 Å². The first-order chi connectivity index (χ1) is 9.24. The van der Waals surface area contributed by atoms with E-state index in [0.717, 1.165) is 0 Å². The number of hydrogen-bond acceptors (Lipinski definition) is 4. The molecule has 19 heavy (non-hydrogen) atoms. The highest BCUT2D eigenvalue weighted by molar-refractivity contribution is 6.00. The smallest absolute Gasteiger partial charge is 0.352 e. The van der Waals surface area contributed by atoms with Crippen molar-refractivity contribution in [3.8, 4) is 6.07 Å². The Morgan fingerprint density at radius 2 is 2.05 bits per heavy atom. The van der Waals surface area contributed by atoms with E-state index in [2.05, 4.69) is 6.58 Å². The van der Waals surface area contributed by atoms with Crippen molar-refractivity contribution in [3.05, 3.63) is 54.1 Å². The summed E-state index contributed by atoms with van der Waals surface area (Å²) in [5, 5.41) is 9.14. The van der Waals surface area contributed by atoms with Crippen molar-refractivity contribution in [2.75, 3.05) is 13.2 Å². The van der Waals surface area contributed by atoms with Gasteiger partial charge in [-0.05, 0) is 6.92 Å². The van der Waals surface area contributed by atoms with Crippen molar-refractivity contribution in [1.29, 1.82) is 5.26 Å². The minimum absolute atomic E-state index is 0.144. The van der Waals surface area contributed by atoms with Crippen molar-refractivity contribution in [1.82, 2.24) is 0 Å². The van der Waals surface area contributed by atoms with Gasteiger partial charge in [0.25, 0.3) is 0 Å². The summed E-state index contributed by atoms with van der Waals surface area (Å²) in [5.41, 5.74) is 0.504. The van der Waals surface area contributed by atoms with E-state index >= 15 is 0 Å². The third-order valence-corrected chi connectivity index (χ3v) is 2.20. The van der Waals surface area contributed by atoms with E-state index in [1.54, 1.807) is 37.3 Å². The maximum Gasteiger partial charge on any atom is 0.352 e. The van der Waals surface area contributed by atoms with Gasteiger partial charge in [-0.15, -0.1) is 0 Å². The fraction of sp³-hybridized carbons (Fsp3) is 0.200. The number of ether oxygens (including phenoxy) is 2. The maximum absolute atomic E-state index is 11.7. The Kier molecular flexibility index (Phi) is 5.90. The molecule has 0 radical (unpaired) electrons. The SMILES string of the molecule is C=CCO/C(=C(/C#N)C(=O)OCC)c1ccccc1. The molecule has 0 heterocycles. The Bertz CT molecular complexity index is 512. The zero-order valence-corrected chi connectivity index (χ0v) is 10.8. The van der Waals surface area contributed by atoms with Crippen LogP contribution < -0.4 is 0 Å². The number of benzene rings is 1. The Balaban J connectivity index is 3.23. The van der Waals surface area contributed by atoms with Crippen LogP contribution in [0.5, 0.6) is 0 Å². The molecule has 0 aromatic heterocycles. The summed E-state index contributed by atoms with van der Waals surface area (Å²) in [6.45, 7) is 5.63. The molecule has 4 heteroatoms. The number of nitriles is 1. The van der Waals surface area contributed by atoms with Crippen LogP contribution in [-0.2, 0) is 14.3 Å². The molecule has 0 atom stereocenters. The summed E-state index contributed by atoms with van der Waals surface area (Å²) >= 11 is 0. The van der Waals surface area contributed by atoms with E-state index in [4.69, 9.17) is 14.7 Å². The number of rotatable bonds is 6. The Morgan fingerprint density at radius 1 is 1.37 bits per heavy atom. The van der Waals surface area contributed by atoms with Crippen molar-refractivity contribution < 1.29 is 14.3 Å². The van der Waals surface area contributed by atoms with Crippen LogP contribution >= 0.6 is 0 Å². The quantitative estimate of drug-likeness (QED) is 0.258. The molecule has 0 aliphatic heterocycles. The normalized spacial score (nSPS) is 10.9. The van der Waals surface area contributed by atoms with Gasteiger partial charge in [0.2, 0.25) is 0 Å². The molecule has 0 amide bonds. The number of carbonyl (C=O) groups excluding carboxylic acids is 1.